The first kappa shape index (κ1) is 28.4. The molecular formula is C34H41NO4. The van der Waals surface area contributed by atoms with E-state index in [1.807, 2.05) is 12.1 Å². The third kappa shape index (κ3) is 7.50. The molecular weight excluding hydrogens is 486 g/mol. The highest BCUT2D eigenvalue weighted by molar-refractivity contribution is 6.06. The number of carbonyl (C=O) groups excluding carboxylic acids is 1. The van der Waals surface area contributed by atoms with Crippen LogP contribution in [0.5, 0.6) is 5.75 Å². The smallest absolute Gasteiger partial charge is 0.303 e. The Morgan fingerprint density at radius 1 is 1.03 bits per heavy atom. The lowest BCUT2D eigenvalue weighted by atomic mass is 9.91. The number of anilines is 1. The zero-order valence-electron chi connectivity index (χ0n) is 23.6. The molecule has 39 heavy (non-hydrogen) atoms. The van der Waals surface area contributed by atoms with Crippen molar-refractivity contribution >= 4 is 17.6 Å². The van der Waals surface area contributed by atoms with Crippen molar-refractivity contribution in [3.05, 3.63) is 94.5 Å². The van der Waals surface area contributed by atoms with Crippen LogP contribution in [0.3, 0.4) is 0 Å². The molecule has 3 aromatic rings. The monoisotopic (exact) mass is 527 g/mol. The van der Waals surface area contributed by atoms with Crippen LogP contribution in [0.1, 0.15) is 91.4 Å². The van der Waals surface area contributed by atoms with Gasteiger partial charge < -0.3 is 15.2 Å². The van der Waals surface area contributed by atoms with E-state index in [0.29, 0.717) is 41.4 Å². The second kappa shape index (κ2) is 13.0. The van der Waals surface area contributed by atoms with Crippen LogP contribution in [0.4, 0.5) is 5.69 Å². The van der Waals surface area contributed by atoms with Crippen LogP contribution < -0.4 is 10.1 Å². The van der Waals surface area contributed by atoms with Gasteiger partial charge in [-0.25, -0.2) is 0 Å². The van der Waals surface area contributed by atoms with Crippen molar-refractivity contribution in [3.63, 3.8) is 0 Å². The van der Waals surface area contributed by atoms with E-state index in [2.05, 4.69) is 69.4 Å². The molecule has 1 aliphatic carbocycles. The van der Waals surface area contributed by atoms with Crippen LogP contribution in [0, 0.1) is 11.8 Å². The van der Waals surface area contributed by atoms with Crippen LogP contribution in [0.25, 0.3) is 0 Å². The highest BCUT2D eigenvalue weighted by atomic mass is 16.5. The molecule has 5 nitrogen and oxygen atoms in total. The maximum atomic E-state index is 13.2. The summed E-state index contributed by atoms with van der Waals surface area (Å²) in [6.45, 7) is 9.22. The number of nitrogens with one attached hydrogen (secondary N) is 1. The molecule has 5 heteroatoms. The fourth-order valence-corrected chi connectivity index (χ4v) is 5.46. The maximum absolute atomic E-state index is 13.2. The molecule has 206 valence electrons. The van der Waals surface area contributed by atoms with Crippen molar-refractivity contribution in [1.29, 1.82) is 0 Å². The van der Waals surface area contributed by atoms with Crippen LogP contribution in [-0.2, 0) is 17.6 Å². The molecule has 1 amide bonds. The second-order valence-electron chi connectivity index (χ2n) is 11.2. The Hall–Kier alpha value is -3.60. The largest absolute Gasteiger partial charge is 0.493 e. The van der Waals surface area contributed by atoms with Crippen molar-refractivity contribution in [3.8, 4) is 5.75 Å². The van der Waals surface area contributed by atoms with Gasteiger partial charge in [-0.3, -0.25) is 9.59 Å². The lowest BCUT2D eigenvalue weighted by Crippen LogP contribution is -2.15. The third-order valence-corrected chi connectivity index (χ3v) is 7.74. The first-order valence-corrected chi connectivity index (χ1v) is 14.2. The number of carboxylic acid groups (broad SMARTS) is 1. The van der Waals surface area contributed by atoms with E-state index < -0.39 is 5.97 Å². The molecule has 0 heterocycles. The maximum Gasteiger partial charge on any atom is 0.303 e. The van der Waals surface area contributed by atoms with E-state index in [1.54, 1.807) is 18.2 Å². The number of hydrogen-bond donors (Lipinski definition) is 2. The van der Waals surface area contributed by atoms with Crippen molar-refractivity contribution in [2.75, 3.05) is 11.9 Å². The standard InChI is InChI=1S/C34H41NO4/c1-5-25-20-27(30-21-29(30)23(4)26-14-12-24(13-15-26)19-22(2)3)16-17-31(25)35-34(38)28-9-6-7-10-32(28)39-18-8-11-33(36)37/h6-7,9-10,12-17,20,22-23,29-30H,5,8,11,18-19,21H2,1-4H3,(H,35,38)(H,36,37)/t23?,29-,30?/m0/s1. The Morgan fingerprint density at radius 3 is 2.46 bits per heavy atom. The predicted octanol–water partition coefficient (Wildman–Crippen LogP) is 7.85. The summed E-state index contributed by atoms with van der Waals surface area (Å²) in [7, 11) is 0. The summed E-state index contributed by atoms with van der Waals surface area (Å²) < 4.78 is 5.73. The van der Waals surface area contributed by atoms with Crippen LogP contribution in [0.15, 0.2) is 66.7 Å². The Balaban J connectivity index is 1.40. The molecule has 0 spiro atoms. The summed E-state index contributed by atoms with van der Waals surface area (Å²) in [5, 5.41) is 11.9. The molecule has 1 aliphatic rings. The van der Waals surface area contributed by atoms with Crippen molar-refractivity contribution in [2.24, 2.45) is 11.8 Å². The first-order valence-electron chi connectivity index (χ1n) is 14.2. The Morgan fingerprint density at radius 2 is 1.77 bits per heavy atom. The summed E-state index contributed by atoms with van der Waals surface area (Å²) in [6.07, 6.45) is 3.55. The molecule has 0 saturated heterocycles. The van der Waals surface area contributed by atoms with Gasteiger partial charge in [0.05, 0.1) is 12.2 Å². The molecule has 1 saturated carbocycles. The topological polar surface area (TPSA) is 75.6 Å². The minimum absolute atomic E-state index is 0.0335. The molecule has 2 unspecified atom stereocenters. The molecule has 0 bridgehead atoms. The Kier molecular flexibility index (Phi) is 9.45. The van der Waals surface area contributed by atoms with Gasteiger partial charge in [-0.15, -0.1) is 0 Å². The van der Waals surface area contributed by atoms with Crippen LogP contribution in [0.2, 0.25) is 0 Å². The van der Waals surface area contributed by atoms with Gasteiger partial charge in [0.2, 0.25) is 0 Å². The number of amides is 1. The van der Waals surface area contributed by atoms with Gasteiger partial charge in [-0.2, -0.15) is 0 Å². The van der Waals surface area contributed by atoms with Crippen molar-refractivity contribution in [2.45, 2.75) is 71.6 Å². The highest BCUT2D eigenvalue weighted by Crippen LogP contribution is 2.55. The summed E-state index contributed by atoms with van der Waals surface area (Å²) >= 11 is 0. The number of ether oxygens (including phenoxy) is 1. The van der Waals surface area contributed by atoms with Gasteiger partial charge in [0.25, 0.3) is 5.91 Å². The Labute approximate surface area is 232 Å². The Bertz CT molecular complexity index is 1280. The number of carboxylic acids is 1. The molecule has 2 N–H and O–H groups in total. The van der Waals surface area contributed by atoms with E-state index in [9.17, 15) is 9.59 Å². The fourth-order valence-electron chi connectivity index (χ4n) is 5.46. The van der Waals surface area contributed by atoms with Crippen LogP contribution in [-0.4, -0.2) is 23.6 Å². The lowest BCUT2D eigenvalue weighted by Gasteiger charge is -2.16. The average molecular weight is 528 g/mol. The number of rotatable bonds is 13. The number of hydrogen-bond acceptors (Lipinski definition) is 3. The van der Waals surface area contributed by atoms with Crippen molar-refractivity contribution in [1.82, 2.24) is 0 Å². The average Bonchev–Trinajstić information content (AvgIpc) is 3.72. The molecule has 0 aromatic heterocycles. The van der Waals surface area contributed by atoms with E-state index >= 15 is 0 Å². The second-order valence-corrected chi connectivity index (χ2v) is 11.2. The SMILES string of the molecule is CCc1cc(C2C[C@H]2C(C)c2ccc(CC(C)C)cc2)ccc1NC(=O)c1ccccc1OCCCC(=O)O. The quantitative estimate of drug-likeness (QED) is 0.222. The predicted molar refractivity (Wildman–Crippen MR) is 157 cm³/mol. The van der Waals surface area contributed by atoms with Gasteiger partial charge >= 0.3 is 5.97 Å². The van der Waals surface area contributed by atoms with Gasteiger partial charge in [0, 0.05) is 12.1 Å². The molecule has 3 atom stereocenters. The third-order valence-electron chi connectivity index (χ3n) is 7.74. The number of aliphatic carboxylic acids is 1. The van der Waals surface area contributed by atoms with E-state index in [1.165, 1.54) is 23.1 Å². The molecule has 0 aliphatic heterocycles. The summed E-state index contributed by atoms with van der Waals surface area (Å²) in [5.41, 5.74) is 6.55. The number of aryl methyl sites for hydroxylation is 1. The van der Waals surface area contributed by atoms with Gasteiger partial charge in [-0.1, -0.05) is 76.2 Å². The van der Waals surface area contributed by atoms with Gasteiger partial charge in [0.15, 0.2) is 0 Å². The minimum atomic E-state index is -0.858. The number of carbonyl (C=O) groups is 2. The summed E-state index contributed by atoms with van der Waals surface area (Å²) in [5.74, 6) is 1.73. The lowest BCUT2D eigenvalue weighted by molar-refractivity contribution is -0.137. The molecule has 4 rings (SSSR count). The van der Waals surface area contributed by atoms with E-state index in [-0.39, 0.29) is 18.9 Å². The van der Waals surface area contributed by atoms with Gasteiger partial charge in [0.1, 0.15) is 5.75 Å². The number of benzene rings is 3. The first-order chi connectivity index (χ1) is 18.8. The van der Waals surface area contributed by atoms with E-state index in [4.69, 9.17) is 9.84 Å². The zero-order chi connectivity index (χ0) is 27.9. The molecule has 1 fully saturated rings. The highest BCUT2D eigenvalue weighted by Gasteiger charge is 2.42. The van der Waals surface area contributed by atoms with Crippen LogP contribution >= 0.6 is 0 Å². The fraction of sp³-hybridized carbons (Fsp3) is 0.412. The summed E-state index contributed by atoms with van der Waals surface area (Å²) in [4.78, 5) is 23.9. The summed E-state index contributed by atoms with van der Waals surface area (Å²) in [6, 6.07) is 22.7. The zero-order valence-corrected chi connectivity index (χ0v) is 23.6. The minimum Gasteiger partial charge on any atom is -0.493 e. The molecule has 3 aromatic carbocycles. The van der Waals surface area contributed by atoms with E-state index in [0.717, 1.165) is 24.1 Å². The van der Waals surface area contributed by atoms with Crippen molar-refractivity contribution < 1.29 is 19.4 Å². The van der Waals surface area contributed by atoms with Gasteiger partial charge in [-0.05, 0) is 89.8 Å². The normalized spacial score (nSPS) is 17.1. The molecule has 0 radical (unpaired) electrons. The number of para-hydroxylation sites is 1.